The molecule has 2 aromatic heterocycles. The molecule has 0 spiro atoms. The van der Waals surface area contributed by atoms with Crippen LogP contribution in [0.1, 0.15) is 72.1 Å². The first kappa shape index (κ1) is 41.1. The molecule has 4 aromatic rings. The monoisotopic (exact) mass is 841 g/mol. The maximum atomic E-state index is 14.8. The quantitative estimate of drug-likeness (QED) is 0.139. The zero-order valence-electron chi connectivity index (χ0n) is 34.2. The lowest BCUT2D eigenvalue weighted by molar-refractivity contribution is -0.143. The van der Waals surface area contributed by atoms with Crippen LogP contribution in [-0.2, 0) is 29.1 Å². The maximum absolute atomic E-state index is 14.8. The predicted molar refractivity (Wildman–Crippen MR) is 222 cm³/mol. The fourth-order valence-electron chi connectivity index (χ4n) is 8.35. The molecule has 1 saturated heterocycles. The molecule has 3 saturated carbocycles. The second-order valence-corrected chi connectivity index (χ2v) is 19.4. The van der Waals surface area contributed by atoms with Crippen molar-refractivity contribution in [2.24, 2.45) is 11.3 Å². The molecule has 5 atom stereocenters. The van der Waals surface area contributed by atoms with Crippen molar-refractivity contribution >= 4 is 55.9 Å². The number of ether oxygens (including phenoxy) is 3. The Hall–Kier alpha value is -5.64. The smallest absolute Gasteiger partial charge is 0.408 e. The van der Waals surface area contributed by atoms with Crippen LogP contribution in [-0.4, -0.2) is 90.9 Å². The van der Waals surface area contributed by atoms with E-state index in [1.807, 2.05) is 36.4 Å². The summed E-state index contributed by atoms with van der Waals surface area (Å²) in [6.45, 7) is 9.14. The Morgan fingerprint density at radius 2 is 1.75 bits per heavy atom. The van der Waals surface area contributed by atoms with Gasteiger partial charge in [-0.1, -0.05) is 57.2 Å². The maximum Gasteiger partial charge on any atom is 0.408 e. The molecule has 1 aliphatic heterocycles. The molecular formula is C44H51N5O10S. The summed E-state index contributed by atoms with van der Waals surface area (Å²) in [4.78, 5) is 62.6. The number of nitrogens with zero attached hydrogens (tertiary/aromatic N) is 2. The minimum Gasteiger partial charge on any atom is -0.497 e. The third-order valence-corrected chi connectivity index (χ3v) is 13.8. The minimum atomic E-state index is -3.93. The van der Waals surface area contributed by atoms with E-state index >= 15 is 0 Å². The van der Waals surface area contributed by atoms with Crippen molar-refractivity contribution in [1.82, 2.24) is 25.2 Å². The average molecular weight is 842 g/mol. The third-order valence-electron chi connectivity index (χ3n) is 12.0. The number of carbonyl (C=O) groups excluding carboxylic acids is 4. The third kappa shape index (κ3) is 8.13. The van der Waals surface area contributed by atoms with Gasteiger partial charge in [-0.15, -0.1) is 6.58 Å². The molecule has 60 heavy (non-hydrogen) atoms. The fourth-order valence-corrected chi connectivity index (χ4v) is 9.72. The van der Waals surface area contributed by atoms with E-state index in [0.717, 1.165) is 31.2 Å². The van der Waals surface area contributed by atoms with Gasteiger partial charge < -0.3 is 34.2 Å². The zero-order chi connectivity index (χ0) is 42.6. The van der Waals surface area contributed by atoms with Gasteiger partial charge in [-0.2, -0.15) is 0 Å². The van der Waals surface area contributed by atoms with Gasteiger partial charge in [0.05, 0.1) is 30.0 Å². The lowest BCUT2D eigenvalue weighted by Gasteiger charge is -2.35. The van der Waals surface area contributed by atoms with Crippen LogP contribution in [0.25, 0.3) is 33.3 Å². The van der Waals surface area contributed by atoms with E-state index in [1.54, 1.807) is 46.1 Å². The summed E-state index contributed by atoms with van der Waals surface area (Å²) in [5.41, 5.74) is 0.428. The summed E-state index contributed by atoms with van der Waals surface area (Å²) in [6, 6.07) is 14.4. The van der Waals surface area contributed by atoms with Gasteiger partial charge >= 0.3 is 6.09 Å². The van der Waals surface area contributed by atoms with Crippen LogP contribution in [0.4, 0.5) is 4.79 Å². The number of aromatic nitrogens is 1. The number of furan rings is 1. The molecule has 0 radical (unpaired) electrons. The number of hydrogen-bond donors (Lipinski definition) is 3. The van der Waals surface area contributed by atoms with Gasteiger partial charge in [0.1, 0.15) is 46.7 Å². The van der Waals surface area contributed by atoms with E-state index < -0.39 is 74.1 Å². The van der Waals surface area contributed by atoms with Crippen molar-refractivity contribution < 1.29 is 46.2 Å². The fraction of sp³-hybridized carbons (Fsp3) is 0.477. The Bertz CT molecular complexity index is 2450. The Labute approximate surface area is 348 Å². The number of hydrogen-bond acceptors (Lipinski definition) is 11. The summed E-state index contributed by atoms with van der Waals surface area (Å²) < 4.78 is 52.1. The van der Waals surface area contributed by atoms with E-state index in [0.29, 0.717) is 52.1 Å². The summed E-state index contributed by atoms with van der Waals surface area (Å²) in [5, 5.41) is 5.66. The van der Waals surface area contributed by atoms with Crippen molar-refractivity contribution in [2.75, 3.05) is 13.7 Å². The molecule has 2 aromatic carbocycles. The van der Waals surface area contributed by atoms with E-state index in [2.05, 4.69) is 21.9 Å². The molecule has 3 aliphatic carbocycles. The number of sulfonamides is 1. The van der Waals surface area contributed by atoms with E-state index in [-0.39, 0.29) is 25.5 Å². The molecule has 4 fully saturated rings. The van der Waals surface area contributed by atoms with Gasteiger partial charge in [-0.3, -0.25) is 19.1 Å². The molecule has 0 bridgehead atoms. The molecule has 4 aliphatic rings. The van der Waals surface area contributed by atoms with Gasteiger partial charge in [0.15, 0.2) is 11.3 Å². The standard InChI is InChI=1S/C44H51N5O10S/c1-6-26-23-44(26,41(52)48-60(54,55)30-17-18-30)47-39(50)33-21-29(24-49(33)40(51)38(43(2,3)4)46-42(53)58-27-14-10-11-15-27)57-35-22-32(25-12-8-7-9-13-25)45-36-31-20-28(56-5)16-19-34(31)59-37(35)36/h6-9,12-13,16,19-20,22,26-27,29-30,33,38H,1,10-11,14-15,17-18,21,23-24H2,2-5H3,(H,46,53)(H,47,50)(H,48,52)/t26-,29-,33+,38-,44-/m1/s1. The zero-order valence-corrected chi connectivity index (χ0v) is 35.0. The van der Waals surface area contributed by atoms with Crippen LogP contribution < -0.4 is 24.8 Å². The average Bonchev–Trinajstić information content (AvgIpc) is 4.04. The summed E-state index contributed by atoms with van der Waals surface area (Å²) in [5.74, 6) is -1.69. The lowest BCUT2D eigenvalue weighted by Crippen LogP contribution is -2.60. The van der Waals surface area contributed by atoms with Gasteiger partial charge in [0.25, 0.3) is 5.91 Å². The first-order valence-electron chi connectivity index (χ1n) is 20.5. The summed E-state index contributed by atoms with van der Waals surface area (Å²) in [7, 11) is -2.36. The highest BCUT2D eigenvalue weighted by Crippen LogP contribution is 2.46. The molecule has 4 amide bonds. The highest BCUT2D eigenvalue weighted by molar-refractivity contribution is 7.91. The van der Waals surface area contributed by atoms with E-state index in [4.69, 9.17) is 23.6 Å². The van der Waals surface area contributed by atoms with E-state index in [1.165, 1.54) is 11.0 Å². The van der Waals surface area contributed by atoms with Crippen LogP contribution in [0, 0.1) is 11.3 Å². The number of rotatable bonds is 13. The van der Waals surface area contributed by atoms with Gasteiger partial charge in [0, 0.05) is 24.0 Å². The first-order chi connectivity index (χ1) is 28.6. The number of methoxy groups -OCH3 is 1. The Balaban J connectivity index is 1.13. The summed E-state index contributed by atoms with van der Waals surface area (Å²) in [6.07, 6.45) is 4.13. The van der Waals surface area contributed by atoms with Crippen molar-refractivity contribution in [2.45, 2.75) is 107 Å². The number of fused-ring (bicyclic) bond motifs is 3. The van der Waals surface area contributed by atoms with Crippen LogP contribution in [0.15, 0.2) is 71.7 Å². The molecule has 16 heteroatoms. The highest BCUT2D eigenvalue weighted by Gasteiger charge is 2.62. The highest BCUT2D eigenvalue weighted by atomic mass is 32.2. The molecular weight excluding hydrogens is 791 g/mol. The number of likely N-dealkylation sites (tertiary alicyclic amines) is 1. The van der Waals surface area contributed by atoms with Gasteiger partial charge in [0.2, 0.25) is 21.8 Å². The number of benzene rings is 2. The van der Waals surface area contributed by atoms with Gasteiger partial charge in [-0.05, 0) is 68.6 Å². The molecule has 15 nitrogen and oxygen atoms in total. The molecule has 8 rings (SSSR count). The SMILES string of the molecule is C=C[C@@H]1C[C@]1(NC(=O)[C@@H]1C[C@@H](Oc2cc(-c3ccccc3)nc3c2oc2ccc(OC)cc23)CN1C(=O)[C@@H](NC(=O)OC1CCCC1)C(C)(C)C)C(=O)NS(=O)(=O)C1CC1. The minimum absolute atomic E-state index is 0.0175. The van der Waals surface area contributed by atoms with Crippen LogP contribution in [0.2, 0.25) is 0 Å². The molecule has 3 heterocycles. The second-order valence-electron chi connectivity index (χ2n) is 17.4. The second kappa shape index (κ2) is 15.8. The Morgan fingerprint density at radius 1 is 1.02 bits per heavy atom. The van der Waals surface area contributed by atoms with Crippen molar-refractivity contribution in [3.05, 3.63) is 67.3 Å². The number of pyridine rings is 1. The number of carbonyl (C=O) groups is 4. The largest absolute Gasteiger partial charge is 0.497 e. The molecule has 318 valence electrons. The first-order valence-corrected chi connectivity index (χ1v) is 22.1. The van der Waals surface area contributed by atoms with Crippen molar-refractivity contribution in [3.63, 3.8) is 0 Å². The number of alkyl carbamates (subject to hydrolysis) is 1. The normalized spacial score (nSPS) is 23.5. The van der Waals surface area contributed by atoms with Crippen LogP contribution in [0.5, 0.6) is 11.5 Å². The Morgan fingerprint density at radius 3 is 2.40 bits per heavy atom. The number of amides is 4. The van der Waals surface area contributed by atoms with Crippen LogP contribution in [0.3, 0.4) is 0 Å². The number of nitrogens with one attached hydrogen (secondary N) is 3. The molecule has 0 unspecified atom stereocenters. The van der Waals surface area contributed by atoms with Crippen molar-refractivity contribution in [3.8, 4) is 22.8 Å². The Kier molecular flexibility index (Phi) is 10.8. The van der Waals surface area contributed by atoms with Gasteiger partial charge in [-0.25, -0.2) is 18.2 Å². The van der Waals surface area contributed by atoms with Crippen LogP contribution >= 0.6 is 0 Å². The van der Waals surface area contributed by atoms with Crippen molar-refractivity contribution in [1.29, 1.82) is 0 Å². The lowest BCUT2D eigenvalue weighted by atomic mass is 9.85. The molecule has 3 N–H and O–H groups in total. The predicted octanol–water partition coefficient (Wildman–Crippen LogP) is 5.76. The topological polar surface area (TPSA) is 195 Å². The van der Waals surface area contributed by atoms with E-state index in [9.17, 15) is 27.6 Å². The summed E-state index contributed by atoms with van der Waals surface area (Å²) >= 11 is 0.